The molecule has 2 aromatic rings. The number of hydrogen-bond acceptors (Lipinski definition) is 2. The van der Waals surface area contributed by atoms with Gasteiger partial charge in [0.1, 0.15) is 0 Å². The molecule has 0 saturated carbocycles. The molecule has 0 fully saturated rings. The van der Waals surface area contributed by atoms with Crippen molar-refractivity contribution in [2.24, 2.45) is 0 Å². The van der Waals surface area contributed by atoms with Gasteiger partial charge in [0.2, 0.25) is 0 Å². The van der Waals surface area contributed by atoms with Crippen LogP contribution in [-0.2, 0) is 11.2 Å². The zero-order valence-electron chi connectivity index (χ0n) is 10.7. The van der Waals surface area contributed by atoms with Gasteiger partial charge in [0.15, 0.2) is 5.78 Å². The van der Waals surface area contributed by atoms with Gasteiger partial charge in [-0.1, -0.05) is 30.3 Å². The zero-order chi connectivity index (χ0) is 12.8. The average molecular weight is 249 g/mol. The summed E-state index contributed by atoms with van der Waals surface area (Å²) in [6.45, 7) is 0. The predicted molar refractivity (Wildman–Crippen MR) is 77.2 cm³/mol. The molecular weight excluding hydrogens is 234 g/mol. The minimum atomic E-state index is 0.326. The normalized spacial score (nSPS) is 18.0. The summed E-state index contributed by atoms with van der Waals surface area (Å²) in [5.41, 5.74) is 4.60. The van der Waals surface area contributed by atoms with E-state index in [0.717, 1.165) is 30.5 Å². The highest BCUT2D eigenvalue weighted by Gasteiger charge is 2.26. The molecule has 1 aliphatic carbocycles. The number of anilines is 1. The first-order valence-corrected chi connectivity index (χ1v) is 6.86. The molecule has 1 N–H and O–H groups in total. The van der Waals surface area contributed by atoms with Crippen molar-refractivity contribution in [3.63, 3.8) is 0 Å². The van der Waals surface area contributed by atoms with Gasteiger partial charge in [0, 0.05) is 29.8 Å². The first kappa shape index (κ1) is 10.8. The highest BCUT2D eigenvalue weighted by atomic mass is 16.1. The molecule has 2 aliphatic rings. The first-order chi connectivity index (χ1) is 9.33. The summed E-state index contributed by atoms with van der Waals surface area (Å²) in [6.07, 6.45) is 3.49. The summed E-state index contributed by atoms with van der Waals surface area (Å²) < 4.78 is 0. The number of allylic oxidation sites excluding steroid dienone is 2. The number of rotatable bonds is 0. The number of nitrogens with one attached hydrogen (secondary N) is 1. The summed E-state index contributed by atoms with van der Waals surface area (Å²) in [5, 5.41) is 5.99. The number of ketones is 1. The fraction of sp³-hybridized carbons (Fsp3) is 0.235. The van der Waals surface area contributed by atoms with Gasteiger partial charge in [-0.05, 0) is 35.2 Å². The van der Waals surface area contributed by atoms with E-state index >= 15 is 0 Å². The molecule has 0 aromatic heterocycles. The van der Waals surface area contributed by atoms with Crippen LogP contribution in [0.4, 0.5) is 5.69 Å². The number of Topliss-reactive ketones (excluding diaryl/α,β-unsaturated/α-hetero) is 1. The molecular formula is C17H15NO. The molecule has 0 spiro atoms. The van der Waals surface area contributed by atoms with E-state index in [4.69, 9.17) is 0 Å². The molecule has 0 radical (unpaired) electrons. The van der Waals surface area contributed by atoms with Crippen molar-refractivity contribution in [2.45, 2.75) is 25.7 Å². The van der Waals surface area contributed by atoms with Crippen LogP contribution in [0.1, 0.15) is 24.8 Å². The van der Waals surface area contributed by atoms with Crippen molar-refractivity contribution in [1.29, 1.82) is 0 Å². The molecule has 0 saturated heterocycles. The smallest absolute Gasteiger partial charge is 0.160 e. The second-order valence-corrected chi connectivity index (χ2v) is 5.35. The van der Waals surface area contributed by atoms with Crippen molar-refractivity contribution >= 4 is 22.2 Å². The van der Waals surface area contributed by atoms with Gasteiger partial charge in [-0.2, -0.15) is 0 Å². The third-order valence-electron chi connectivity index (χ3n) is 4.21. The highest BCUT2D eigenvalue weighted by molar-refractivity contribution is 6.01. The van der Waals surface area contributed by atoms with Crippen LogP contribution >= 0.6 is 0 Å². The highest BCUT2D eigenvalue weighted by Crippen LogP contribution is 2.37. The van der Waals surface area contributed by atoms with Gasteiger partial charge >= 0.3 is 0 Å². The molecule has 1 heterocycles. The lowest BCUT2D eigenvalue weighted by molar-refractivity contribution is -0.116. The van der Waals surface area contributed by atoms with Crippen LogP contribution in [0.3, 0.4) is 0 Å². The third kappa shape index (κ3) is 1.60. The Morgan fingerprint density at radius 1 is 1.00 bits per heavy atom. The van der Waals surface area contributed by atoms with Crippen LogP contribution in [0.5, 0.6) is 0 Å². The van der Waals surface area contributed by atoms with Crippen LogP contribution in [0.15, 0.2) is 47.7 Å². The Kier molecular flexibility index (Phi) is 2.25. The van der Waals surface area contributed by atoms with Gasteiger partial charge in [-0.25, -0.2) is 0 Å². The first-order valence-electron chi connectivity index (χ1n) is 6.86. The Bertz CT molecular complexity index is 727. The van der Waals surface area contributed by atoms with Gasteiger partial charge in [0.05, 0.1) is 0 Å². The van der Waals surface area contributed by atoms with Gasteiger partial charge in [-0.3, -0.25) is 4.79 Å². The standard InChI is InChI=1S/C17H15NO/c19-17-7-3-6-15-14(17)10-13-12-5-2-1-4-11(12)8-9-16(13)18-15/h1-2,4-5,8-9,18H,3,6-7,10H2. The molecule has 0 atom stereocenters. The minimum absolute atomic E-state index is 0.326. The van der Waals surface area contributed by atoms with E-state index < -0.39 is 0 Å². The van der Waals surface area contributed by atoms with Crippen molar-refractivity contribution in [2.75, 3.05) is 5.32 Å². The van der Waals surface area contributed by atoms with E-state index in [1.54, 1.807) is 0 Å². The second-order valence-electron chi connectivity index (χ2n) is 5.35. The monoisotopic (exact) mass is 249 g/mol. The summed E-state index contributed by atoms with van der Waals surface area (Å²) in [5.74, 6) is 0.326. The van der Waals surface area contributed by atoms with E-state index in [1.165, 1.54) is 22.0 Å². The minimum Gasteiger partial charge on any atom is -0.358 e. The van der Waals surface area contributed by atoms with Crippen LogP contribution in [0.2, 0.25) is 0 Å². The molecule has 1 aliphatic heterocycles. The lowest BCUT2D eigenvalue weighted by Gasteiger charge is -2.28. The maximum Gasteiger partial charge on any atom is 0.160 e. The average Bonchev–Trinajstić information content (AvgIpc) is 2.46. The molecule has 94 valence electrons. The predicted octanol–water partition coefficient (Wildman–Crippen LogP) is 3.81. The number of carbonyl (C=O) groups excluding carboxylic acids is 1. The number of hydrogen-bond donors (Lipinski definition) is 1. The van der Waals surface area contributed by atoms with Gasteiger partial charge in [0.25, 0.3) is 0 Å². The second kappa shape index (κ2) is 3.95. The molecule has 0 amide bonds. The molecule has 2 aromatic carbocycles. The lowest BCUT2D eigenvalue weighted by Crippen LogP contribution is -2.22. The van der Waals surface area contributed by atoms with E-state index in [9.17, 15) is 4.79 Å². The van der Waals surface area contributed by atoms with Gasteiger partial charge in [-0.15, -0.1) is 0 Å². The zero-order valence-corrected chi connectivity index (χ0v) is 10.7. The number of benzene rings is 2. The van der Waals surface area contributed by atoms with Crippen molar-refractivity contribution in [3.8, 4) is 0 Å². The molecule has 4 rings (SSSR count). The van der Waals surface area contributed by atoms with Crippen molar-refractivity contribution in [1.82, 2.24) is 0 Å². The SMILES string of the molecule is O=C1CCCC2=C1Cc1c(ccc3ccccc13)N2. The molecule has 0 bridgehead atoms. The lowest BCUT2D eigenvalue weighted by atomic mass is 9.85. The van der Waals surface area contributed by atoms with Crippen molar-refractivity contribution in [3.05, 3.63) is 53.2 Å². The quantitative estimate of drug-likeness (QED) is 0.769. The summed E-state index contributed by atoms with van der Waals surface area (Å²) in [4.78, 5) is 12.1. The van der Waals surface area contributed by atoms with Crippen LogP contribution in [0, 0.1) is 0 Å². The summed E-state index contributed by atoms with van der Waals surface area (Å²) >= 11 is 0. The Morgan fingerprint density at radius 2 is 1.89 bits per heavy atom. The summed E-state index contributed by atoms with van der Waals surface area (Å²) in [6, 6.07) is 12.7. The Hall–Kier alpha value is -2.09. The van der Waals surface area contributed by atoms with E-state index in [0.29, 0.717) is 12.2 Å². The Labute approximate surface area is 112 Å². The summed E-state index contributed by atoms with van der Waals surface area (Å²) in [7, 11) is 0. The Balaban J connectivity index is 1.91. The number of carbonyl (C=O) groups is 1. The van der Waals surface area contributed by atoms with E-state index in [1.807, 2.05) is 0 Å². The molecule has 2 nitrogen and oxygen atoms in total. The van der Waals surface area contributed by atoms with Crippen molar-refractivity contribution < 1.29 is 4.79 Å². The van der Waals surface area contributed by atoms with Gasteiger partial charge < -0.3 is 5.32 Å². The largest absolute Gasteiger partial charge is 0.358 e. The fourth-order valence-corrected chi connectivity index (χ4v) is 3.22. The van der Waals surface area contributed by atoms with Crippen LogP contribution in [-0.4, -0.2) is 5.78 Å². The number of fused-ring (bicyclic) bond motifs is 3. The topological polar surface area (TPSA) is 29.1 Å². The maximum absolute atomic E-state index is 12.1. The van der Waals surface area contributed by atoms with Crippen LogP contribution < -0.4 is 5.32 Å². The maximum atomic E-state index is 12.1. The molecule has 2 heteroatoms. The van der Waals surface area contributed by atoms with Crippen LogP contribution in [0.25, 0.3) is 10.8 Å². The van der Waals surface area contributed by atoms with E-state index in [-0.39, 0.29) is 0 Å². The van der Waals surface area contributed by atoms with E-state index in [2.05, 4.69) is 41.7 Å². The third-order valence-corrected chi connectivity index (χ3v) is 4.21. The fourth-order valence-electron chi connectivity index (χ4n) is 3.22. The Morgan fingerprint density at radius 3 is 2.84 bits per heavy atom. The molecule has 0 unspecified atom stereocenters. The molecule has 19 heavy (non-hydrogen) atoms.